The van der Waals surface area contributed by atoms with Crippen LogP contribution in [0, 0.1) is 5.82 Å². The number of oxime groups is 1. The van der Waals surface area contributed by atoms with Gasteiger partial charge in [-0.15, -0.1) is 0 Å². The zero-order chi connectivity index (χ0) is 13.7. The summed E-state index contributed by atoms with van der Waals surface area (Å²) in [6.07, 6.45) is -0.999. The highest BCUT2D eigenvalue weighted by Gasteiger charge is 2.12. The van der Waals surface area contributed by atoms with Gasteiger partial charge in [-0.2, -0.15) is 0 Å². The van der Waals surface area contributed by atoms with Crippen LogP contribution < -0.4 is 11.1 Å². The number of amides is 1. The second-order valence-electron chi connectivity index (χ2n) is 3.75. The molecule has 0 aliphatic carbocycles. The van der Waals surface area contributed by atoms with Crippen molar-refractivity contribution in [2.45, 2.75) is 20.0 Å². The molecule has 0 saturated carbocycles. The summed E-state index contributed by atoms with van der Waals surface area (Å²) in [6.45, 7) is 3.38. The molecule has 6 nitrogen and oxygen atoms in total. The van der Waals surface area contributed by atoms with Gasteiger partial charge in [0.05, 0.1) is 11.8 Å². The van der Waals surface area contributed by atoms with Gasteiger partial charge in [0, 0.05) is 5.56 Å². The van der Waals surface area contributed by atoms with Crippen molar-refractivity contribution in [2.24, 2.45) is 10.9 Å². The summed E-state index contributed by atoms with van der Waals surface area (Å²) < 4.78 is 17.9. The standard InChI is InChI=1S/C11H14FN3O3/c1-6(2)18-11(16)14-9-4-3-7(12)5-8(9)10(13)15-17/h3-6,17H,1-2H3,(H2,13,15)(H,14,16). The lowest BCUT2D eigenvalue weighted by molar-refractivity contribution is 0.130. The van der Waals surface area contributed by atoms with Crippen LogP contribution in [-0.4, -0.2) is 23.2 Å². The van der Waals surface area contributed by atoms with E-state index in [-0.39, 0.29) is 23.2 Å². The summed E-state index contributed by atoms with van der Waals surface area (Å²) in [5, 5.41) is 13.7. The number of anilines is 1. The minimum Gasteiger partial charge on any atom is -0.447 e. The summed E-state index contributed by atoms with van der Waals surface area (Å²) in [5.41, 5.74) is 5.64. The molecule has 7 heteroatoms. The first-order valence-electron chi connectivity index (χ1n) is 5.19. The van der Waals surface area contributed by atoms with Gasteiger partial charge in [-0.25, -0.2) is 9.18 Å². The molecule has 0 unspecified atom stereocenters. The molecule has 18 heavy (non-hydrogen) atoms. The lowest BCUT2D eigenvalue weighted by atomic mass is 10.1. The second-order valence-corrected chi connectivity index (χ2v) is 3.75. The van der Waals surface area contributed by atoms with Crippen LogP contribution in [0.25, 0.3) is 0 Å². The van der Waals surface area contributed by atoms with Gasteiger partial charge in [0.15, 0.2) is 5.84 Å². The van der Waals surface area contributed by atoms with E-state index < -0.39 is 11.9 Å². The van der Waals surface area contributed by atoms with E-state index in [0.29, 0.717) is 0 Å². The molecule has 1 rings (SSSR count). The molecule has 98 valence electrons. The minimum atomic E-state index is -0.705. The Morgan fingerprint density at radius 3 is 2.78 bits per heavy atom. The molecular formula is C11H14FN3O3. The third-order valence-electron chi connectivity index (χ3n) is 1.94. The number of ether oxygens (including phenoxy) is 1. The van der Waals surface area contributed by atoms with E-state index in [2.05, 4.69) is 10.5 Å². The zero-order valence-electron chi connectivity index (χ0n) is 9.98. The molecule has 0 heterocycles. The van der Waals surface area contributed by atoms with E-state index >= 15 is 0 Å². The zero-order valence-corrected chi connectivity index (χ0v) is 9.98. The highest BCUT2D eigenvalue weighted by atomic mass is 19.1. The molecule has 0 aliphatic rings. The molecular weight excluding hydrogens is 241 g/mol. The van der Waals surface area contributed by atoms with E-state index in [1.165, 1.54) is 6.07 Å². The number of amidine groups is 1. The van der Waals surface area contributed by atoms with Gasteiger partial charge in [0.2, 0.25) is 0 Å². The summed E-state index contributed by atoms with van der Waals surface area (Å²) in [7, 11) is 0. The first-order valence-corrected chi connectivity index (χ1v) is 5.19. The Hall–Kier alpha value is -2.31. The number of carbonyl (C=O) groups is 1. The maximum Gasteiger partial charge on any atom is 0.411 e. The Balaban J connectivity index is 2.98. The average molecular weight is 255 g/mol. The third-order valence-corrected chi connectivity index (χ3v) is 1.94. The molecule has 0 bridgehead atoms. The van der Waals surface area contributed by atoms with Gasteiger partial charge in [-0.3, -0.25) is 5.32 Å². The van der Waals surface area contributed by atoms with Crippen molar-refractivity contribution in [1.29, 1.82) is 0 Å². The number of nitrogens with one attached hydrogen (secondary N) is 1. The van der Waals surface area contributed by atoms with Gasteiger partial charge in [-0.05, 0) is 32.0 Å². The smallest absolute Gasteiger partial charge is 0.411 e. The van der Waals surface area contributed by atoms with Gasteiger partial charge >= 0.3 is 6.09 Å². The molecule has 0 atom stereocenters. The maximum absolute atomic E-state index is 13.1. The molecule has 0 radical (unpaired) electrons. The van der Waals surface area contributed by atoms with Crippen molar-refractivity contribution >= 4 is 17.6 Å². The number of halogens is 1. The highest BCUT2D eigenvalue weighted by Crippen LogP contribution is 2.17. The fourth-order valence-electron chi connectivity index (χ4n) is 1.24. The van der Waals surface area contributed by atoms with E-state index in [1.54, 1.807) is 13.8 Å². The summed E-state index contributed by atoms with van der Waals surface area (Å²) in [6, 6.07) is 3.48. The van der Waals surface area contributed by atoms with E-state index in [9.17, 15) is 9.18 Å². The second kappa shape index (κ2) is 5.85. The predicted molar refractivity (Wildman–Crippen MR) is 64.2 cm³/mol. The molecule has 0 spiro atoms. The van der Waals surface area contributed by atoms with Gasteiger partial charge in [0.1, 0.15) is 5.82 Å². The first-order chi connectivity index (χ1) is 8.43. The average Bonchev–Trinajstić information content (AvgIpc) is 2.29. The topological polar surface area (TPSA) is 96.9 Å². The highest BCUT2D eigenvalue weighted by molar-refractivity contribution is 6.04. The van der Waals surface area contributed by atoms with Gasteiger partial charge in [0.25, 0.3) is 0 Å². The number of nitrogens with zero attached hydrogens (tertiary/aromatic N) is 1. The first kappa shape index (κ1) is 13.8. The number of carbonyl (C=O) groups excluding carboxylic acids is 1. The van der Waals surface area contributed by atoms with E-state index in [4.69, 9.17) is 15.7 Å². The van der Waals surface area contributed by atoms with Crippen molar-refractivity contribution in [3.63, 3.8) is 0 Å². The predicted octanol–water partition coefficient (Wildman–Crippen LogP) is 1.88. The summed E-state index contributed by atoms with van der Waals surface area (Å²) >= 11 is 0. The van der Waals surface area contributed by atoms with Gasteiger partial charge < -0.3 is 15.7 Å². The Morgan fingerprint density at radius 1 is 1.56 bits per heavy atom. The molecule has 0 aliphatic heterocycles. The van der Waals surface area contributed by atoms with Crippen LogP contribution in [0.2, 0.25) is 0 Å². The van der Waals surface area contributed by atoms with Gasteiger partial charge in [-0.1, -0.05) is 5.16 Å². The van der Waals surface area contributed by atoms with Crippen molar-refractivity contribution < 1.29 is 19.1 Å². The summed E-state index contributed by atoms with van der Waals surface area (Å²) in [5.74, 6) is -0.881. The molecule has 1 aromatic carbocycles. The molecule has 1 amide bonds. The Labute approximate surface area is 103 Å². The molecule has 4 N–H and O–H groups in total. The lowest BCUT2D eigenvalue weighted by Gasteiger charge is -2.12. The van der Waals surface area contributed by atoms with Crippen LogP contribution in [0.4, 0.5) is 14.9 Å². The van der Waals surface area contributed by atoms with Crippen LogP contribution in [0.3, 0.4) is 0 Å². The fourth-order valence-corrected chi connectivity index (χ4v) is 1.24. The van der Waals surface area contributed by atoms with Crippen LogP contribution >= 0.6 is 0 Å². The largest absolute Gasteiger partial charge is 0.447 e. The van der Waals surface area contributed by atoms with Crippen LogP contribution in [-0.2, 0) is 4.74 Å². The monoisotopic (exact) mass is 255 g/mol. The number of nitrogens with two attached hydrogens (primary N) is 1. The normalized spacial score (nSPS) is 11.4. The van der Waals surface area contributed by atoms with Crippen molar-refractivity contribution in [3.8, 4) is 0 Å². The molecule has 1 aromatic rings. The third kappa shape index (κ3) is 3.62. The van der Waals surface area contributed by atoms with Crippen molar-refractivity contribution in [1.82, 2.24) is 0 Å². The molecule has 0 fully saturated rings. The Bertz CT molecular complexity index is 475. The van der Waals surface area contributed by atoms with E-state index in [1.807, 2.05) is 0 Å². The minimum absolute atomic E-state index is 0.0678. The van der Waals surface area contributed by atoms with Crippen molar-refractivity contribution in [2.75, 3.05) is 5.32 Å². The van der Waals surface area contributed by atoms with E-state index in [0.717, 1.165) is 12.1 Å². The number of hydrogen-bond acceptors (Lipinski definition) is 4. The quantitative estimate of drug-likeness (QED) is 0.332. The van der Waals surface area contributed by atoms with Crippen LogP contribution in [0.1, 0.15) is 19.4 Å². The fraction of sp³-hybridized carbons (Fsp3) is 0.273. The summed E-state index contributed by atoms with van der Waals surface area (Å²) in [4.78, 5) is 11.4. The van der Waals surface area contributed by atoms with Crippen LogP contribution in [0.15, 0.2) is 23.4 Å². The maximum atomic E-state index is 13.1. The number of benzene rings is 1. The Kier molecular flexibility index (Phi) is 4.47. The Morgan fingerprint density at radius 2 is 2.22 bits per heavy atom. The van der Waals surface area contributed by atoms with Crippen molar-refractivity contribution in [3.05, 3.63) is 29.6 Å². The lowest BCUT2D eigenvalue weighted by Crippen LogP contribution is -2.22. The molecule has 0 saturated heterocycles. The number of rotatable bonds is 3. The van der Waals surface area contributed by atoms with Crippen LogP contribution in [0.5, 0.6) is 0 Å². The number of hydrogen-bond donors (Lipinski definition) is 3. The molecule has 0 aromatic heterocycles. The SMILES string of the molecule is CC(C)OC(=O)Nc1ccc(F)cc1/C(N)=N/O.